The van der Waals surface area contributed by atoms with E-state index in [2.05, 4.69) is 32.0 Å². The second-order valence-electron chi connectivity index (χ2n) is 6.89. The van der Waals surface area contributed by atoms with Gasteiger partial charge in [0.25, 0.3) is 0 Å². The van der Waals surface area contributed by atoms with Crippen LogP contribution in [0, 0.1) is 5.82 Å². The Hall–Kier alpha value is -2.80. The van der Waals surface area contributed by atoms with Gasteiger partial charge in [-0.1, -0.05) is 0 Å². The van der Waals surface area contributed by atoms with Gasteiger partial charge in [-0.15, -0.1) is 5.10 Å². The zero-order valence-electron chi connectivity index (χ0n) is 15.3. The van der Waals surface area contributed by atoms with E-state index in [4.69, 9.17) is 4.42 Å². The summed E-state index contributed by atoms with van der Waals surface area (Å²) in [6, 6.07) is 10.6. The second kappa shape index (κ2) is 7.84. The number of aromatic nitrogens is 3. The quantitative estimate of drug-likeness (QED) is 0.666. The molecule has 4 rings (SSSR count). The van der Waals surface area contributed by atoms with E-state index in [0.29, 0.717) is 24.2 Å². The van der Waals surface area contributed by atoms with E-state index in [9.17, 15) is 4.39 Å². The third-order valence-corrected chi connectivity index (χ3v) is 4.84. The Bertz CT molecular complexity index is 868. The van der Waals surface area contributed by atoms with Crippen molar-refractivity contribution in [1.29, 1.82) is 0 Å². The zero-order chi connectivity index (χ0) is 18.6. The maximum absolute atomic E-state index is 13.1. The first kappa shape index (κ1) is 17.6. The normalized spacial score (nSPS) is 17.0. The fraction of sp³-hybridized carbons (Fsp3) is 0.350. The molecule has 1 unspecified atom stereocenters. The molecular weight excluding hydrogens is 345 g/mol. The van der Waals surface area contributed by atoms with Gasteiger partial charge >= 0.3 is 0 Å². The van der Waals surface area contributed by atoms with Crippen molar-refractivity contribution in [2.45, 2.75) is 25.4 Å². The van der Waals surface area contributed by atoms with Crippen LogP contribution in [-0.2, 0) is 6.54 Å². The Kier molecular flexibility index (Phi) is 5.11. The van der Waals surface area contributed by atoms with Gasteiger partial charge in [0.1, 0.15) is 5.82 Å². The first-order chi connectivity index (χ1) is 13.2. The van der Waals surface area contributed by atoms with Gasteiger partial charge in [0.15, 0.2) is 11.6 Å². The lowest BCUT2D eigenvalue weighted by Crippen LogP contribution is -2.39. The standard InChI is InChI=1S/C20H22FN5O/c1-25(13-17-4-3-11-26(17)19-5-2-10-23-24-19)14-20-22-12-18(27-20)15-6-8-16(21)9-7-15/h2,5-10,12,17H,3-4,11,13-14H2,1H3. The number of halogens is 1. The summed E-state index contributed by atoms with van der Waals surface area (Å²) in [5, 5.41) is 8.24. The van der Waals surface area contributed by atoms with Crippen LogP contribution in [0.1, 0.15) is 18.7 Å². The number of benzene rings is 1. The molecule has 2 aromatic heterocycles. The molecule has 0 aliphatic carbocycles. The van der Waals surface area contributed by atoms with Gasteiger partial charge in [-0.2, -0.15) is 5.10 Å². The third kappa shape index (κ3) is 4.14. The maximum atomic E-state index is 13.1. The third-order valence-electron chi connectivity index (χ3n) is 4.84. The van der Waals surface area contributed by atoms with Crippen LogP contribution in [0.5, 0.6) is 0 Å². The number of rotatable bonds is 6. The van der Waals surface area contributed by atoms with E-state index in [1.807, 2.05) is 12.1 Å². The van der Waals surface area contributed by atoms with E-state index in [-0.39, 0.29) is 5.82 Å². The van der Waals surface area contributed by atoms with Crippen LogP contribution in [0.25, 0.3) is 11.3 Å². The van der Waals surface area contributed by atoms with Crippen LogP contribution >= 0.6 is 0 Å². The van der Waals surface area contributed by atoms with Crippen LogP contribution < -0.4 is 4.90 Å². The minimum absolute atomic E-state index is 0.262. The molecule has 7 heteroatoms. The van der Waals surface area contributed by atoms with E-state index < -0.39 is 0 Å². The van der Waals surface area contributed by atoms with Crippen molar-refractivity contribution in [2.75, 3.05) is 25.0 Å². The largest absolute Gasteiger partial charge is 0.439 e. The number of anilines is 1. The predicted molar refractivity (Wildman–Crippen MR) is 101 cm³/mol. The highest BCUT2D eigenvalue weighted by Gasteiger charge is 2.27. The highest BCUT2D eigenvalue weighted by atomic mass is 19.1. The summed E-state index contributed by atoms with van der Waals surface area (Å²) in [5.41, 5.74) is 0.822. The van der Waals surface area contributed by atoms with Crippen LogP contribution in [0.4, 0.5) is 10.2 Å². The highest BCUT2D eigenvalue weighted by Crippen LogP contribution is 2.25. The van der Waals surface area contributed by atoms with Crippen molar-refractivity contribution in [2.24, 2.45) is 0 Å². The summed E-state index contributed by atoms with van der Waals surface area (Å²) < 4.78 is 18.9. The second-order valence-corrected chi connectivity index (χ2v) is 6.89. The Morgan fingerprint density at radius 3 is 2.89 bits per heavy atom. The van der Waals surface area contributed by atoms with Gasteiger partial charge in [-0.3, -0.25) is 4.90 Å². The first-order valence-corrected chi connectivity index (χ1v) is 9.12. The monoisotopic (exact) mass is 367 g/mol. The van der Waals surface area contributed by atoms with Gasteiger partial charge in [0.05, 0.1) is 12.7 Å². The lowest BCUT2D eigenvalue weighted by Gasteiger charge is -2.28. The summed E-state index contributed by atoms with van der Waals surface area (Å²) >= 11 is 0. The van der Waals surface area contributed by atoms with Gasteiger partial charge in [-0.25, -0.2) is 9.37 Å². The van der Waals surface area contributed by atoms with Crippen LogP contribution in [0.3, 0.4) is 0 Å². The molecule has 6 nitrogen and oxygen atoms in total. The van der Waals surface area contributed by atoms with Crippen molar-refractivity contribution in [3.8, 4) is 11.3 Å². The Morgan fingerprint density at radius 1 is 1.26 bits per heavy atom. The molecule has 0 saturated carbocycles. The van der Waals surface area contributed by atoms with E-state index in [1.54, 1.807) is 24.5 Å². The average molecular weight is 367 g/mol. The fourth-order valence-electron chi connectivity index (χ4n) is 3.56. The molecule has 0 spiro atoms. The van der Waals surface area contributed by atoms with Crippen molar-refractivity contribution >= 4 is 5.82 Å². The number of hydrogen-bond donors (Lipinski definition) is 0. The molecule has 1 aromatic carbocycles. The molecule has 1 aliphatic heterocycles. The summed E-state index contributed by atoms with van der Waals surface area (Å²) in [6.45, 7) is 2.52. The minimum Gasteiger partial charge on any atom is -0.439 e. The maximum Gasteiger partial charge on any atom is 0.209 e. The van der Waals surface area contributed by atoms with Crippen molar-refractivity contribution in [1.82, 2.24) is 20.1 Å². The molecule has 0 radical (unpaired) electrons. The van der Waals surface area contributed by atoms with E-state index in [0.717, 1.165) is 37.3 Å². The summed E-state index contributed by atoms with van der Waals surface area (Å²) in [6.07, 6.45) is 5.68. The highest BCUT2D eigenvalue weighted by molar-refractivity contribution is 5.55. The SMILES string of the molecule is CN(Cc1ncc(-c2ccc(F)cc2)o1)CC1CCCN1c1cccnn1. The molecule has 27 heavy (non-hydrogen) atoms. The Labute approximate surface area is 157 Å². The molecule has 1 atom stereocenters. The molecule has 1 fully saturated rings. The van der Waals surface area contributed by atoms with Crippen molar-refractivity contribution in [3.05, 3.63) is 60.5 Å². The summed E-state index contributed by atoms with van der Waals surface area (Å²) in [5.74, 6) is 1.98. The van der Waals surface area contributed by atoms with Crippen LogP contribution in [0.2, 0.25) is 0 Å². The average Bonchev–Trinajstić information content (AvgIpc) is 3.33. The molecule has 0 bridgehead atoms. The van der Waals surface area contributed by atoms with Crippen molar-refractivity contribution in [3.63, 3.8) is 0 Å². The van der Waals surface area contributed by atoms with Gasteiger partial charge in [0, 0.05) is 30.9 Å². The van der Waals surface area contributed by atoms with Gasteiger partial charge < -0.3 is 9.32 Å². The molecular formula is C20H22FN5O. The number of oxazole rings is 1. The molecule has 1 aliphatic rings. The fourth-order valence-corrected chi connectivity index (χ4v) is 3.56. The topological polar surface area (TPSA) is 58.3 Å². The molecule has 0 amide bonds. The molecule has 3 heterocycles. The van der Waals surface area contributed by atoms with E-state index >= 15 is 0 Å². The van der Waals surface area contributed by atoms with Crippen molar-refractivity contribution < 1.29 is 8.81 Å². The van der Waals surface area contributed by atoms with Gasteiger partial charge in [0.2, 0.25) is 5.89 Å². The van der Waals surface area contributed by atoms with Crippen LogP contribution in [-0.4, -0.2) is 46.3 Å². The zero-order valence-corrected chi connectivity index (χ0v) is 15.3. The number of nitrogens with zero attached hydrogens (tertiary/aromatic N) is 5. The first-order valence-electron chi connectivity index (χ1n) is 9.12. The van der Waals surface area contributed by atoms with E-state index in [1.165, 1.54) is 12.1 Å². The summed E-state index contributed by atoms with van der Waals surface area (Å²) in [7, 11) is 2.06. The predicted octanol–water partition coefficient (Wildman–Crippen LogP) is 3.37. The summed E-state index contributed by atoms with van der Waals surface area (Å²) in [4.78, 5) is 8.90. The van der Waals surface area contributed by atoms with Gasteiger partial charge in [-0.05, 0) is 56.3 Å². The lowest BCUT2D eigenvalue weighted by atomic mass is 10.2. The molecule has 0 N–H and O–H groups in total. The minimum atomic E-state index is -0.262. The molecule has 140 valence electrons. The number of hydrogen-bond acceptors (Lipinski definition) is 6. The Morgan fingerprint density at radius 2 is 2.11 bits per heavy atom. The number of likely N-dealkylation sites (N-methyl/N-ethyl adjacent to an activating group) is 1. The lowest BCUT2D eigenvalue weighted by molar-refractivity contribution is 0.272. The van der Waals surface area contributed by atoms with Crippen LogP contribution in [0.15, 0.2) is 53.2 Å². The smallest absolute Gasteiger partial charge is 0.209 e. The Balaban J connectivity index is 1.38. The molecule has 3 aromatic rings. The molecule has 1 saturated heterocycles.